The summed E-state index contributed by atoms with van der Waals surface area (Å²) < 4.78 is 5.36. The lowest BCUT2D eigenvalue weighted by Gasteiger charge is -2.17. The maximum absolute atomic E-state index is 5.36. The molecule has 18 heavy (non-hydrogen) atoms. The second-order valence-corrected chi connectivity index (χ2v) is 4.66. The molecule has 0 aliphatic carbocycles. The summed E-state index contributed by atoms with van der Waals surface area (Å²) in [6, 6.07) is 4.38. The average molecular weight is 246 g/mol. The van der Waals surface area contributed by atoms with E-state index in [1.165, 1.54) is 17.7 Å². The third-order valence-corrected chi connectivity index (χ3v) is 3.16. The van der Waals surface area contributed by atoms with Gasteiger partial charge in [0.05, 0.1) is 6.61 Å². The van der Waals surface area contributed by atoms with Gasteiger partial charge in [-0.15, -0.1) is 6.58 Å². The number of rotatable bonds is 7. The van der Waals surface area contributed by atoms with Gasteiger partial charge in [-0.2, -0.15) is 0 Å². The van der Waals surface area contributed by atoms with Gasteiger partial charge in [0, 0.05) is 18.8 Å². The fraction of sp³-hybridized carbons (Fsp3) is 0.533. The van der Waals surface area contributed by atoms with E-state index in [1.807, 2.05) is 0 Å². The molecule has 2 heterocycles. The van der Waals surface area contributed by atoms with E-state index in [4.69, 9.17) is 4.74 Å². The predicted octanol–water partition coefficient (Wildman–Crippen LogP) is 2.97. The molecule has 1 aromatic rings. The van der Waals surface area contributed by atoms with Gasteiger partial charge in [-0.25, -0.2) is 4.98 Å². The van der Waals surface area contributed by atoms with Gasteiger partial charge in [-0.05, 0) is 43.7 Å². The number of nitrogens with one attached hydrogen (secondary N) is 1. The number of ether oxygens (including phenoxy) is 1. The van der Waals surface area contributed by atoms with Gasteiger partial charge in [0.25, 0.3) is 0 Å². The Balaban J connectivity index is 1.74. The summed E-state index contributed by atoms with van der Waals surface area (Å²) >= 11 is 0. The SMILES string of the molecule is C=CCOCCCCc1ccc2c(n1)NCCC2. The van der Waals surface area contributed by atoms with E-state index in [1.54, 1.807) is 6.08 Å². The summed E-state index contributed by atoms with van der Waals surface area (Å²) in [6.07, 6.45) is 7.41. The number of nitrogens with zero attached hydrogens (tertiary/aromatic N) is 1. The van der Waals surface area contributed by atoms with Crippen molar-refractivity contribution in [2.75, 3.05) is 25.1 Å². The minimum absolute atomic E-state index is 0.654. The molecule has 3 heteroatoms. The third-order valence-electron chi connectivity index (χ3n) is 3.16. The molecule has 1 aliphatic rings. The van der Waals surface area contributed by atoms with E-state index >= 15 is 0 Å². The summed E-state index contributed by atoms with van der Waals surface area (Å²) in [4.78, 5) is 4.68. The Bertz CT molecular complexity index is 390. The van der Waals surface area contributed by atoms with E-state index in [0.29, 0.717) is 6.61 Å². The zero-order valence-electron chi connectivity index (χ0n) is 11.0. The van der Waals surface area contributed by atoms with Gasteiger partial charge in [0.15, 0.2) is 0 Å². The van der Waals surface area contributed by atoms with Crippen LogP contribution >= 0.6 is 0 Å². The van der Waals surface area contributed by atoms with Gasteiger partial charge >= 0.3 is 0 Å². The molecule has 0 bridgehead atoms. The molecular weight excluding hydrogens is 224 g/mol. The van der Waals surface area contributed by atoms with Gasteiger partial charge < -0.3 is 10.1 Å². The topological polar surface area (TPSA) is 34.1 Å². The van der Waals surface area contributed by atoms with Crippen molar-refractivity contribution in [1.29, 1.82) is 0 Å². The summed E-state index contributed by atoms with van der Waals surface area (Å²) in [5.41, 5.74) is 2.55. The first kappa shape index (κ1) is 13.1. The third kappa shape index (κ3) is 3.84. The van der Waals surface area contributed by atoms with Crippen LogP contribution in [0, 0.1) is 0 Å². The number of hydrogen-bond acceptors (Lipinski definition) is 3. The lowest BCUT2D eigenvalue weighted by molar-refractivity contribution is 0.158. The lowest BCUT2D eigenvalue weighted by atomic mass is 10.1. The van der Waals surface area contributed by atoms with Crippen LogP contribution in [0.3, 0.4) is 0 Å². The molecule has 0 amide bonds. The normalized spacial score (nSPS) is 13.8. The Morgan fingerprint density at radius 1 is 1.39 bits per heavy atom. The van der Waals surface area contributed by atoms with Crippen LogP contribution in [-0.2, 0) is 17.6 Å². The van der Waals surface area contributed by atoms with E-state index < -0.39 is 0 Å². The highest BCUT2D eigenvalue weighted by atomic mass is 16.5. The summed E-state index contributed by atoms with van der Waals surface area (Å²) in [5, 5.41) is 3.37. The average Bonchev–Trinajstić information content (AvgIpc) is 2.42. The Morgan fingerprint density at radius 2 is 2.33 bits per heavy atom. The number of anilines is 1. The monoisotopic (exact) mass is 246 g/mol. The molecule has 0 fully saturated rings. The molecule has 98 valence electrons. The molecule has 0 atom stereocenters. The minimum atomic E-state index is 0.654. The number of unbranched alkanes of at least 4 members (excludes halogenated alkanes) is 1. The van der Waals surface area contributed by atoms with E-state index in [-0.39, 0.29) is 0 Å². The molecular formula is C15H22N2O. The smallest absolute Gasteiger partial charge is 0.129 e. The second-order valence-electron chi connectivity index (χ2n) is 4.66. The highest BCUT2D eigenvalue weighted by Gasteiger charge is 2.09. The van der Waals surface area contributed by atoms with E-state index in [2.05, 4.69) is 29.0 Å². The Kier molecular flexibility index (Phi) is 5.21. The molecule has 2 rings (SSSR count). The molecule has 1 aromatic heterocycles. The van der Waals surface area contributed by atoms with Crippen LogP contribution in [0.4, 0.5) is 5.82 Å². The minimum Gasteiger partial charge on any atom is -0.377 e. The standard InChI is InChI=1S/C15H22N2O/c1-2-11-18-12-4-3-7-14-9-8-13-6-5-10-16-15(13)17-14/h2,8-9H,1,3-7,10-12H2,(H,16,17). The zero-order valence-corrected chi connectivity index (χ0v) is 11.0. The number of hydrogen-bond donors (Lipinski definition) is 1. The summed E-state index contributed by atoms with van der Waals surface area (Å²) in [6.45, 7) is 6.15. The van der Waals surface area contributed by atoms with Crippen molar-refractivity contribution < 1.29 is 4.74 Å². The first-order valence-corrected chi connectivity index (χ1v) is 6.81. The van der Waals surface area contributed by atoms with Gasteiger partial charge in [0.1, 0.15) is 5.82 Å². The maximum atomic E-state index is 5.36. The number of aromatic nitrogens is 1. The fourth-order valence-corrected chi connectivity index (χ4v) is 2.18. The molecule has 0 radical (unpaired) electrons. The molecule has 0 saturated heterocycles. The highest BCUT2D eigenvalue weighted by molar-refractivity contribution is 5.46. The van der Waals surface area contributed by atoms with Crippen LogP contribution < -0.4 is 5.32 Å². The molecule has 0 spiro atoms. The quantitative estimate of drug-likeness (QED) is 0.593. The predicted molar refractivity (Wildman–Crippen MR) is 75.0 cm³/mol. The van der Waals surface area contributed by atoms with Crippen molar-refractivity contribution in [1.82, 2.24) is 4.98 Å². The van der Waals surface area contributed by atoms with Crippen molar-refractivity contribution >= 4 is 5.82 Å². The second kappa shape index (κ2) is 7.17. The van der Waals surface area contributed by atoms with Crippen molar-refractivity contribution in [2.24, 2.45) is 0 Å². The van der Waals surface area contributed by atoms with Gasteiger partial charge in [-0.1, -0.05) is 12.1 Å². The molecule has 0 aromatic carbocycles. The van der Waals surface area contributed by atoms with Crippen LogP contribution in [0.2, 0.25) is 0 Å². The van der Waals surface area contributed by atoms with Gasteiger partial charge in [0.2, 0.25) is 0 Å². The van der Waals surface area contributed by atoms with Gasteiger partial charge in [-0.3, -0.25) is 0 Å². The van der Waals surface area contributed by atoms with Crippen molar-refractivity contribution in [3.63, 3.8) is 0 Å². The largest absolute Gasteiger partial charge is 0.377 e. The summed E-state index contributed by atoms with van der Waals surface area (Å²) in [7, 11) is 0. The lowest BCUT2D eigenvalue weighted by Crippen LogP contribution is -2.14. The number of aryl methyl sites for hydroxylation is 2. The Morgan fingerprint density at radius 3 is 3.22 bits per heavy atom. The van der Waals surface area contributed by atoms with Crippen LogP contribution in [-0.4, -0.2) is 24.7 Å². The number of fused-ring (bicyclic) bond motifs is 1. The maximum Gasteiger partial charge on any atom is 0.129 e. The first-order valence-electron chi connectivity index (χ1n) is 6.81. The van der Waals surface area contributed by atoms with Crippen LogP contribution in [0.5, 0.6) is 0 Å². The Labute approximate surface area is 109 Å². The first-order chi connectivity index (χ1) is 8.90. The van der Waals surface area contributed by atoms with Crippen LogP contribution in [0.25, 0.3) is 0 Å². The van der Waals surface area contributed by atoms with Crippen LogP contribution in [0.1, 0.15) is 30.5 Å². The molecule has 0 saturated carbocycles. The molecule has 1 N–H and O–H groups in total. The van der Waals surface area contributed by atoms with Crippen molar-refractivity contribution in [2.45, 2.75) is 32.1 Å². The Hall–Kier alpha value is -1.35. The summed E-state index contributed by atoms with van der Waals surface area (Å²) in [5.74, 6) is 1.10. The fourth-order valence-electron chi connectivity index (χ4n) is 2.18. The van der Waals surface area contributed by atoms with Crippen molar-refractivity contribution in [3.8, 4) is 0 Å². The number of pyridine rings is 1. The molecule has 3 nitrogen and oxygen atoms in total. The van der Waals surface area contributed by atoms with E-state index in [9.17, 15) is 0 Å². The van der Waals surface area contributed by atoms with E-state index in [0.717, 1.165) is 44.7 Å². The zero-order chi connectivity index (χ0) is 12.6. The van der Waals surface area contributed by atoms with Crippen molar-refractivity contribution in [3.05, 3.63) is 36.0 Å². The van der Waals surface area contributed by atoms with Crippen LogP contribution in [0.15, 0.2) is 24.8 Å². The molecule has 0 unspecified atom stereocenters. The highest BCUT2D eigenvalue weighted by Crippen LogP contribution is 2.20. The molecule has 1 aliphatic heterocycles.